The van der Waals surface area contributed by atoms with Gasteiger partial charge in [0.2, 0.25) is 0 Å². The molecule has 0 N–H and O–H groups in total. The van der Waals surface area contributed by atoms with Gasteiger partial charge in [-0.25, -0.2) is 0 Å². The van der Waals surface area contributed by atoms with Crippen LogP contribution in [0, 0.1) is 5.92 Å². The van der Waals surface area contributed by atoms with E-state index in [4.69, 9.17) is 4.74 Å². The smallest absolute Gasteiger partial charge is 0.315 e. The van der Waals surface area contributed by atoms with Crippen LogP contribution >= 0.6 is 0 Å². The van der Waals surface area contributed by atoms with Crippen LogP contribution in [0.3, 0.4) is 0 Å². The zero-order valence-electron chi connectivity index (χ0n) is 9.08. The Labute approximate surface area is 88.4 Å². The van der Waals surface area contributed by atoms with Crippen molar-refractivity contribution in [3.63, 3.8) is 0 Å². The lowest BCUT2D eigenvalue weighted by molar-refractivity contribution is -0.146. The number of hydrogen-bond acceptors (Lipinski definition) is 2. The summed E-state index contributed by atoms with van der Waals surface area (Å²) >= 11 is 0. The highest BCUT2D eigenvalue weighted by Crippen LogP contribution is 2.35. The van der Waals surface area contributed by atoms with E-state index >= 15 is 0 Å². The molecular weight excluding hydrogens is 204 g/mol. The molecule has 1 aliphatic carbocycles. The maximum Gasteiger partial charge on any atom is 0.315 e. The largest absolute Gasteiger partial charge is 0.383 e. The summed E-state index contributed by atoms with van der Waals surface area (Å²) in [6, 6.07) is -0.0957. The number of rotatable bonds is 6. The van der Waals surface area contributed by atoms with Crippen molar-refractivity contribution < 1.29 is 18.3 Å². The minimum Gasteiger partial charge on any atom is -0.383 e. The molecule has 0 aromatic rings. The molecule has 5 heteroatoms. The standard InChI is InChI=1S/C10H17F2NO2/c1-7(8-3-4-8)13(5-6-15-2)10(14)9(11)12/h7-9H,3-6H2,1-2H3. The van der Waals surface area contributed by atoms with Gasteiger partial charge in [0.05, 0.1) is 6.61 Å². The van der Waals surface area contributed by atoms with Crippen LogP contribution in [0.25, 0.3) is 0 Å². The third-order valence-corrected chi connectivity index (χ3v) is 2.80. The highest BCUT2D eigenvalue weighted by molar-refractivity contribution is 5.79. The molecule has 0 aromatic carbocycles. The molecule has 1 saturated carbocycles. The molecule has 0 bridgehead atoms. The van der Waals surface area contributed by atoms with Gasteiger partial charge in [-0.3, -0.25) is 4.79 Å². The Balaban J connectivity index is 2.54. The van der Waals surface area contributed by atoms with E-state index in [0.29, 0.717) is 12.5 Å². The molecule has 15 heavy (non-hydrogen) atoms. The van der Waals surface area contributed by atoms with Crippen molar-refractivity contribution in [3.8, 4) is 0 Å². The lowest BCUT2D eigenvalue weighted by Gasteiger charge is -2.28. The van der Waals surface area contributed by atoms with Crippen LogP contribution in [0.2, 0.25) is 0 Å². The van der Waals surface area contributed by atoms with E-state index in [1.807, 2.05) is 6.92 Å². The van der Waals surface area contributed by atoms with Gasteiger partial charge < -0.3 is 9.64 Å². The Kier molecular flexibility index (Phi) is 4.45. The first-order valence-corrected chi connectivity index (χ1v) is 5.15. The quantitative estimate of drug-likeness (QED) is 0.680. The predicted octanol–water partition coefficient (Wildman–Crippen LogP) is 1.52. The molecular formula is C10H17F2NO2. The summed E-state index contributed by atoms with van der Waals surface area (Å²) in [5.41, 5.74) is 0. The van der Waals surface area contributed by atoms with Crippen LogP contribution in [-0.4, -0.2) is 43.5 Å². The fourth-order valence-electron chi connectivity index (χ4n) is 1.66. The van der Waals surface area contributed by atoms with Crippen molar-refractivity contribution in [1.29, 1.82) is 0 Å². The zero-order valence-corrected chi connectivity index (χ0v) is 9.08. The fourth-order valence-corrected chi connectivity index (χ4v) is 1.66. The second-order valence-corrected chi connectivity index (χ2v) is 3.90. The van der Waals surface area contributed by atoms with E-state index in [-0.39, 0.29) is 12.6 Å². The number of hydrogen-bond donors (Lipinski definition) is 0. The molecule has 1 rings (SSSR count). The van der Waals surface area contributed by atoms with Gasteiger partial charge in [0.1, 0.15) is 0 Å². The van der Waals surface area contributed by atoms with Gasteiger partial charge in [-0.1, -0.05) is 0 Å². The first-order valence-electron chi connectivity index (χ1n) is 5.15. The number of carbonyl (C=O) groups excluding carboxylic acids is 1. The fraction of sp³-hybridized carbons (Fsp3) is 0.900. The molecule has 0 heterocycles. The van der Waals surface area contributed by atoms with Gasteiger partial charge in [-0.2, -0.15) is 8.78 Å². The van der Waals surface area contributed by atoms with E-state index in [1.165, 1.54) is 12.0 Å². The first-order chi connectivity index (χ1) is 7.07. The summed E-state index contributed by atoms with van der Waals surface area (Å²) in [5, 5.41) is 0. The van der Waals surface area contributed by atoms with Gasteiger partial charge >= 0.3 is 6.43 Å². The summed E-state index contributed by atoms with van der Waals surface area (Å²) in [5.74, 6) is -0.684. The summed E-state index contributed by atoms with van der Waals surface area (Å²) in [6.45, 7) is 2.38. The monoisotopic (exact) mass is 221 g/mol. The number of halogens is 2. The van der Waals surface area contributed by atoms with Crippen LogP contribution in [0.1, 0.15) is 19.8 Å². The third kappa shape index (κ3) is 3.41. The van der Waals surface area contributed by atoms with Gasteiger partial charge in [0, 0.05) is 19.7 Å². The second kappa shape index (κ2) is 5.39. The van der Waals surface area contributed by atoms with Crippen molar-refractivity contribution >= 4 is 5.91 Å². The second-order valence-electron chi connectivity index (χ2n) is 3.90. The molecule has 1 unspecified atom stereocenters. The number of methoxy groups -OCH3 is 1. The summed E-state index contributed by atoms with van der Waals surface area (Å²) in [4.78, 5) is 12.5. The van der Waals surface area contributed by atoms with Crippen molar-refractivity contribution in [3.05, 3.63) is 0 Å². The van der Waals surface area contributed by atoms with Crippen molar-refractivity contribution in [2.75, 3.05) is 20.3 Å². The molecule has 1 fully saturated rings. The van der Waals surface area contributed by atoms with Crippen LogP contribution in [-0.2, 0) is 9.53 Å². The summed E-state index contributed by atoms with van der Waals surface area (Å²) in [6.07, 6.45) is -0.856. The van der Waals surface area contributed by atoms with Crippen molar-refractivity contribution in [2.24, 2.45) is 5.92 Å². The predicted molar refractivity (Wildman–Crippen MR) is 51.8 cm³/mol. The lowest BCUT2D eigenvalue weighted by Crippen LogP contribution is -2.44. The minimum absolute atomic E-state index is 0.0957. The number of alkyl halides is 2. The molecule has 0 aliphatic heterocycles. The molecule has 1 aliphatic rings. The van der Waals surface area contributed by atoms with Crippen molar-refractivity contribution in [1.82, 2.24) is 4.90 Å². The maximum absolute atomic E-state index is 12.3. The van der Waals surface area contributed by atoms with Crippen molar-refractivity contribution in [2.45, 2.75) is 32.2 Å². The highest BCUT2D eigenvalue weighted by Gasteiger charge is 2.36. The number of ether oxygens (including phenoxy) is 1. The Bertz CT molecular complexity index is 219. The Morgan fingerprint density at radius 1 is 1.53 bits per heavy atom. The van der Waals surface area contributed by atoms with Gasteiger partial charge in [0.15, 0.2) is 0 Å². The highest BCUT2D eigenvalue weighted by atomic mass is 19.3. The Hall–Kier alpha value is -0.710. The van der Waals surface area contributed by atoms with Crippen LogP contribution < -0.4 is 0 Å². The molecule has 0 radical (unpaired) electrons. The molecule has 1 atom stereocenters. The average Bonchev–Trinajstić information content (AvgIpc) is 3.00. The lowest BCUT2D eigenvalue weighted by atomic mass is 10.2. The molecule has 1 amide bonds. The van der Waals surface area contributed by atoms with Gasteiger partial charge in [0.25, 0.3) is 5.91 Å². The SMILES string of the molecule is COCCN(C(=O)C(F)F)C(C)C1CC1. The molecule has 0 saturated heterocycles. The topological polar surface area (TPSA) is 29.5 Å². The molecule has 0 aromatic heterocycles. The number of amides is 1. The third-order valence-electron chi connectivity index (χ3n) is 2.80. The van der Waals surface area contributed by atoms with Crippen LogP contribution in [0.5, 0.6) is 0 Å². The number of nitrogens with zero attached hydrogens (tertiary/aromatic N) is 1. The maximum atomic E-state index is 12.3. The van der Waals surface area contributed by atoms with Crippen LogP contribution in [0.4, 0.5) is 8.78 Å². The van der Waals surface area contributed by atoms with Gasteiger partial charge in [-0.05, 0) is 25.7 Å². The number of carbonyl (C=O) groups is 1. The molecule has 88 valence electrons. The van der Waals surface area contributed by atoms with E-state index in [2.05, 4.69) is 0 Å². The molecule has 3 nitrogen and oxygen atoms in total. The summed E-state index contributed by atoms with van der Waals surface area (Å²) < 4.78 is 29.4. The normalized spacial score (nSPS) is 17.9. The molecule has 0 spiro atoms. The van der Waals surface area contributed by atoms with E-state index in [9.17, 15) is 13.6 Å². The van der Waals surface area contributed by atoms with E-state index in [0.717, 1.165) is 12.8 Å². The Morgan fingerprint density at radius 3 is 2.53 bits per heavy atom. The minimum atomic E-state index is -2.91. The van der Waals surface area contributed by atoms with E-state index in [1.54, 1.807) is 0 Å². The van der Waals surface area contributed by atoms with Gasteiger partial charge in [-0.15, -0.1) is 0 Å². The first kappa shape index (κ1) is 12.4. The average molecular weight is 221 g/mol. The zero-order chi connectivity index (χ0) is 11.4. The Morgan fingerprint density at radius 2 is 2.13 bits per heavy atom. The summed E-state index contributed by atoms with van der Waals surface area (Å²) in [7, 11) is 1.49. The van der Waals surface area contributed by atoms with E-state index < -0.39 is 12.3 Å². The van der Waals surface area contributed by atoms with Crippen LogP contribution in [0.15, 0.2) is 0 Å².